The first-order valence-electron chi connectivity index (χ1n) is 11.3. The molecule has 0 heterocycles. The Bertz CT molecular complexity index is 580. The Morgan fingerprint density at radius 1 is 1.00 bits per heavy atom. The van der Waals surface area contributed by atoms with Crippen LogP contribution in [-0.4, -0.2) is 41.4 Å². The van der Waals surface area contributed by atoms with Gasteiger partial charge in [-0.15, -0.1) is 0 Å². The van der Waals surface area contributed by atoms with Gasteiger partial charge in [-0.2, -0.15) is 0 Å². The molecule has 0 aromatic rings. The van der Waals surface area contributed by atoms with Crippen LogP contribution in [0.5, 0.6) is 0 Å². The van der Waals surface area contributed by atoms with Gasteiger partial charge in [0.15, 0.2) is 16.6 Å². The molecule has 4 atom stereocenters. The molecular formula is C22H42O4Si2. The van der Waals surface area contributed by atoms with Crippen LogP contribution in [0.25, 0.3) is 0 Å². The number of hydrogen-bond acceptors (Lipinski definition) is 4. The molecule has 0 aromatic carbocycles. The Balaban J connectivity index is 2.07. The maximum atomic E-state index is 13.6. The van der Waals surface area contributed by atoms with E-state index < -0.39 is 27.7 Å². The molecule has 4 unspecified atom stereocenters. The number of ether oxygens (including phenoxy) is 1. The summed E-state index contributed by atoms with van der Waals surface area (Å²) in [4.78, 5) is 13.6. The monoisotopic (exact) mass is 426 g/mol. The van der Waals surface area contributed by atoms with Crippen molar-refractivity contribution in [1.82, 2.24) is 0 Å². The van der Waals surface area contributed by atoms with Crippen molar-refractivity contribution in [3.8, 4) is 0 Å². The van der Waals surface area contributed by atoms with Crippen LogP contribution in [0, 0.1) is 29.1 Å². The number of esters is 1. The zero-order valence-corrected chi connectivity index (χ0v) is 21.4. The summed E-state index contributed by atoms with van der Waals surface area (Å²) in [6, 6.07) is 0. The normalized spacial score (nSPS) is 38.5. The smallest absolute Gasteiger partial charge is 0.315 e. The first-order chi connectivity index (χ1) is 12.8. The zero-order chi connectivity index (χ0) is 21.0. The highest BCUT2D eigenvalue weighted by Gasteiger charge is 2.72. The molecule has 4 aliphatic rings. The van der Waals surface area contributed by atoms with Gasteiger partial charge in [0, 0.05) is 12.5 Å². The van der Waals surface area contributed by atoms with Crippen molar-refractivity contribution in [2.24, 2.45) is 29.1 Å². The van der Waals surface area contributed by atoms with Gasteiger partial charge < -0.3 is 13.6 Å². The maximum Gasteiger partial charge on any atom is 0.315 e. The summed E-state index contributed by atoms with van der Waals surface area (Å²) in [5.74, 6) is 1.97. The standard InChI is InChI=1S/C22H42O4Si2/c1-9-24-20(23)21-13-17-10-18(14-21)12-19(11-17)22(21,26-28(6,7)8)16(2)15-25-27(3,4)5/h16-19H,9-15H2,1-8H3. The molecule has 28 heavy (non-hydrogen) atoms. The second kappa shape index (κ2) is 7.50. The van der Waals surface area contributed by atoms with Crippen LogP contribution < -0.4 is 0 Å². The van der Waals surface area contributed by atoms with E-state index in [1.54, 1.807) is 0 Å². The average Bonchev–Trinajstić information content (AvgIpc) is 2.54. The van der Waals surface area contributed by atoms with Crippen molar-refractivity contribution in [2.45, 2.75) is 90.8 Å². The summed E-state index contributed by atoms with van der Waals surface area (Å²) in [6.45, 7) is 18.9. The van der Waals surface area contributed by atoms with E-state index in [-0.39, 0.29) is 11.9 Å². The number of carbonyl (C=O) groups is 1. The molecule has 4 bridgehead atoms. The van der Waals surface area contributed by atoms with Crippen LogP contribution >= 0.6 is 0 Å². The van der Waals surface area contributed by atoms with Crippen molar-refractivity contribution in [1.29, 1.82) is 0 Å². The quantitative estimate of drug-likeness (QED) is 0.382. The molecule has 4 saturated carbocycles. The Morgan fingerprint density at radius 3 is 2.04 bits per heavy atom. The van der Waals surface area contributed by atoms with Gasteiger partial charge in [0.2, 0.25) is 0 Å². The fraction of sp³-hybridized carbons (Fsp3) is 0.955. The second-order valence-electron chi connectivity index (χ2n) is 11.7. The zero-order valence-electron chi connectivity index (χ0n) is 19.4. The molecular weight excluding hydrogens is 384 g/mol. The Kier molecular flexibility index (Phi) is 6.03. The van der Waals surface area contributed by atoms with E-state index in [2.05, 4.69) is 46.2 Å². The minimum Gasteiger partial charge on any atom is -0.465 e. The Hall–Kier alpha value is -0.176. The van der Waals surface area contributed by atoms with Gasteiger partial charge in [-0.05, 0) is 96.1 Å². The molecule has 0 N–H and O–H groups in total. The van der Waals surface area contributed by atoms with E-state index in [0.717, 1.165) is 12.8 Å². The van der Waals surface area contributed by atoms with Crippen LogP contribution in [0.2, 0.25) is 39.3 Å². The van der Waals surface area contributed by atoms with Crippen LogP contribution in [0.1, 0.15) is 46.0 Å². The van der Waals surface area contributed by atoms with E-state index in [1.807, 2.05) is 6.92 Å². The molecule has 0 aromatic heterocycles. The summed E-state index contributed by atoms with van der Waals surface area (Å²) in [6.07, 6.45) is 5.60. The molecule has 0 saturated heterocycles. The van der Waals surface area contributed by atoms with Crippen molar-refractivity contribution in [3.05, 3.63) is 0 Å². The maximum absolute atomic E-state index is 13.6. The second-order valence-corrected chi connectivity index (χ2v) is 20.6. The summed E-state index contributed by atoms with van der Waals surface area (Å²) in [5, 5.41) is 0. The van der Waals surface area contributed by atoms with Crippen LogP contribution in [0.3, 0.4) is 0 Å². The highest BCUT2D eigenvalue weighted by molar-refractivity contribution is 6.70. The topological polar surface area (TPSA) is 44.8 Å². The predicted molar refractivity (Wildman–Crippen MR) is 118 cm³/mol. The SMILES string of the molecule is CCOC(=O)C12CC3CC(CC(C3)C1(O[Si](C)(C)C)C(C)CO[Si](C)(C)C)C2. The molecule has 0 spiro atoms. The first-order valence-corrected chi connectivity index (χ1v) is 18.2. The summed E-state index contributed by atoms with van der Waals surface area (Å²) in [7, 11) is -3.54. The fourth-order valence-corrected chi connectivity index (χ4v) is 9.11. The summed E-state index contributed by atoms with van der Waals surface area (Å²) >= 11 is 0. The number of carbonyl (C=O) groups excluding carboxylic acids is 1. The van der Waals surface area contributed by atoms with E-state index in [0.29, 0.717) is 31.0 Å². The van der Waals surface area contributed by atoms with Crippen molar-refractivity contribution in [2.75, 3.05) is 13.2 Å². The lowest BCUT2D eigenvalue weighted by molar-refractivity contribution is -0.251. The minimum absolute atomic E-state index is 0.00667. The fourth-order valence-electron chi connectivity index (χ4n) is 6.78. The van der Waals surface area contributed by atoms with Gasteiger partial charge in [-0.25, -0.2) is 0 Å². The largest absolute Gasteiger partial charge is 0.465 e. The lowest BCUT2D eigenvalue weighted by atomic mass is 9.41. The first kappa shape index (κ1) is 22.5. The molecule has 162 valence electrons. The molecule has 0 amide bonds. The summed E-state index contributed by atoms with van der Waals surface area (Å²) < 4.78 is 19.3. The molecule has 4 aliphatic carbocycles. The van der Waals surface area contributed by atoms with Gasteiger partial charge in [0.25, 0.3) is 0 Å². The van der Waals surface area contributed by atoms with E-state index in [9.17, 15) is 4.79 Å². The Morgan fingerprint density at radius 2 is 1.57 bits per heavy atom. The summed E-state index contributed by atoms with van der Waals surface area (Å²) in [5.41, 5.74) is -0.920. The number of rotatable bonds is 8. The van der Waals surface area contributed by atoms with Gasteiger partial charge in [-0.3, -0.25) is 4.79 Å². The van der Waals surface area contributed by atoms with Crippen molar-refractivity contribution >= 4 is 22.6 Å². The van der Waals surface area contributed by atoms with Crippen LogP contribution in [0.15, 0.2) is 0 Å². The molecule has 0 radical (unpaired) electrons. The molecule has 6 heteroatoms. The van der Waals surface area contributed by atoms with Gasteiger partial charge in [0.05, 0.1) is 17.6 Å². The number of hydrogen-bond donors (Lipinski definition) is 0. The molecule has 4 rings (SSSR count). The van der Waals surface area contributed by atoms with Crippen molar-refractivity contribution < 1.29 is 18.4 Å². The predicted octanol–water partition coefficient (Wildman–Crippen LogP) is 5.45. The Labute approximate surface area is 174 Å². The molecule has 0 aliphatic heterocycles. The molecule has 4 fully saturated rings. The third-order valence-corrected chi connectivity index (χ3v) is 9.15. The average molecular weight is 427 g/mol. The molecule has 4 nitrogen and oxygen atoms in total. The minimum atomic E-state index is -1.90. The van der Waals surface area contributed by atoms with Crippen molar-refractivity contribution in [3.63, 3.8) is 0 Å². The third-order valence-electron chi connectivity index (χ3n) is 7.17. The van der Waals surface area contributed by atoms with Crippen LogP contribution in [0.4, 0.5) is 0 Å². The highest BCUT2D eigenvalue weighted by atomic mass is 28.4. The lowest BCUT2D eigenvalue weighted by Crippen LogP contribution is -2.73. The lowest BCUT2D eigenvalue weighted by Gasteiger charge is -2.68. The van der Waals surface area contributed by atoms with Gasteiger partial charge in [0.1, 0.15) is 0 Å². The highest BCUT2D eigenvalue weighted by Crippen LogP contribution is 2.68. The van der Waals surface area contributed by atoms with E-state index >= 15 is 0 Å². The third kappa shape index (κ3) is 3.91. The van der Waals surface area contributed by atoms with E-state index in [1.165, 1.54) is 19.3 Å². The van der Waals surface area contributed by atoms with Gasteiger partial charge in [-0.1, -0.05) is 6.92 Å². The van der Waals surface area contributed by atoms with Gasteiger partial charge >= 0.3 is 5.97 Å². The van der Waals surface area contributed by atoms with Crippen LogP contribution in [-0.2, 0) is 18.4 Å². The van der Waals surface area contributed by atoms with E-state index in [4.69, 9.17) is 13.6 Å².